The zero-order valence-electron chi connectivity index (χ0n) is 13.6. The first-order valence-electron chi connectivity index (χ1n) is 8.63. The molecule has 0 aromatic rings. The van der Waals surface area contributed by atoms with Crippen molar-refractivity contribution in [1.29, 1.82) is 0 Å². The molecular weight excluding hydrogens is 284 g/mol. The van der Waals surface area contributed by atoms with Crippen LogP contribution in [0.2, 0.25) is 0 Å². The van der Waals surface area contributed by atoms with Gasteiger partial charge in [-0.1, -0.05) is 30.2 Å². The van der Waals surface area contributed by atoms with Crippen molar-refractivity contribution in [2.24, 2.45) is 22.7 Å². The van der Waals surface area contributed by atoms with Crippen LogP contribution < -0.4 is 0 Å². The molecule has 0 aliphatic heterocycles. The quantitative estimate of drug-likeness (QED) is 0.545. The Balaban J connectivity index is 1.83. The van der Waals surface area contributed by atoms with E-state index in [4.69, 9.17) is 6.42 Å². The molecule has 4 aliphatic carbocycles. The van der Waals surface area contributed by atoms with Crippen molar-refractivity contribution in [3.63, 3.8) is 0 Å². The van der Waals surface area contributed by atoms with Crippen molar-refractivity contribution in [3.05, 3.63) is 35.5 Å². The molecular formula is C21H22O2. The highest BCUT2D eigenvalue weighted by Crippen LogP contribution is 2.62. The number of carbonyl (C=O) groups is 2. The fourth-order valence-corrected chi connectivity index (χ4v) is 5.57. The number of hydrogen-bond acceptors (Lipinski definition) is 2. The zero-order chi connectivity index (χ0) is 16.2. The van der Waals surface area contributed by atoms with E-state index in [9.17, 15) is 9.59 Å². The standard InChI is InChI=1S/C21H22O2/c1-3-10-21-12-8-15(22)13-14(21)4-5-16-17-6-7-19(23)20(17,2)11-9-18(16)21/h1,8-9,12-13,16-17H,4-7,10-11H2,2H3/t16?,17?,20?,21-/m0/s1. The minimum atomic E-state index is -0.265. The van der Waals surface area contributed by atoms with Gasteiger partial charge < -0.3 is 0 Å². The molecule has 0 aromatic carbocycles. The van der Waals surface area contributed by atoms with Gasteiger partial charge in [-0.25, -0.2) is 0 Å². The van der Waals surface area contributed by atoms with Crippen molar-refractivity contribution < 1.29 is 9.59 Å². The van der Waals surface area contributed by atoms with Gasteiger partial charge in [-0.2, -0.15) is 0 Å². The summed E-state index contributed by atoms with van der Waals surface area (Å²) in [5, 5.41) is 0. The predicted molar refractivity (Wildman–Crippen MR) is 89.4 cm³/mol. The fraction of sp³-hybridized carbons (Fsp3) is 0.524. The summed E-state index contributed by atoms with van der Waals surface area (Å²) >= 11 is 0. The van der Waals surface area contributed by atoms with E-state index in [-0.39, 0.29) is 16.6 Å². The van der Waals surface area contributed by atoms with Crippen molar-refractivity contribution in [2.45, 2.75) is 45.4 Å². The van der Waals surface area contributed by atoms with Crippen LogP contribution in [0.15, 0.2) is 35.5 Å². The monoisotopic (exact) mass is 306 g/mol. The average molecular weight is 306 g/mol. The minimum Gasteiger partial charge on any atom is -0.299 e. The number of allylic oxidation sites excluding steroid dienone is 6. The fourth-order valence-electron chi connectivity index (χ4n) is 5.57. The Morgan fingerprint density at radius 1 is 1.30 bits per heavy atom. The van der Waals surface area contributed by atoms with Gasteiger partial charge in [0, 0.05) is 23.7 Å². The summed E-state index contributed by atoms with van der Waals surface area (Å²) in [4.78, 5) is 24.2. The lowest BCUT2D eigenvalue weighted by molar-refractivity contribution is -0.127. The molecule has 0 spiro atoms. The average Bonchev–Trinajstić information content (AvgIpc) is 2.84. The van der Waals surface area contributed by atoms with Crippen LogP contribution in [0.25, 0.3) is 0 Å². The van der Waals surface area contributed by atoms with E-state index < -0.39 is 0 Å². The first kappa shape index (κ1) is 14.7. The Morgan fingerprint density at radius 3 is 2.91 bits per heavy atom. The van der Waals surface area contributed by atoms with Gasteiger partial charge in [0.2, 0.25) is 0 Å². The molecule has 3 unspecified atom stereocenters. The van der Waals surface area contributed by atoms with Crippen LogP contribution in [0.3, 0.4) is 0 Å². The molecule has 0 amide bonds. The first-order valence-corrected chi connectivity index (χ1v) is 8.63. The molecule has 4 atom stereocenters. The lowest BCUT2D eigenvalue weighted by atomic mass is 9.52. The number of terminal acetylenes is 1. The number of rotatable bonds is 1. The van der Waals surface area contributed by atoms with Crippen LogP contribution in [0.1, 0.15) is 45.4 Å². The molecule has 0 heterocycles. The second-order valence-corrected chi connectivity index (χ2v) is 7.75. The van der Waals surface area contributed by atoms with Crippen LogP contribution >= 0.6 is 0 Å². The highest BCUT2D eigenvalue weighted by molar-refractivity contribution is 6.01. The van der Waals surface area contributed by atoms with Crippen LogP contribution in [-0.4, -0.2) is 11.6 Å². The van der Waals surface area contributed by atoms with Gasteiger partial charge in [0.1, 0.15) is 5.78 Å². The number of fused-ring (bicyclic) bond motifs is 5. The SMILES string of the molecule is C#CC[C@]12C=CC(=O)C=C1CCC1C2=CCC2(C)C(=O)CCC12. The first-order chi connectivity index (χ1) is 11.0. The maximum absolute atomic E-state index is 12.4. The Labute approximate surface area is 137 Å². The molecule has 4 aliphatic rings. The summed E-state index contributed by atoms with van der Waals surface area (Å²) < 4.78 is 0. The summed E-state index contributed by atoms with van der Waals surface area (Å²) in [5.74, 6) is 4.22. The van der Waals surface area contributed by atoms with Crippen molar-refractivity contribution in [3.8, 4) is 12.3 Å². The van der Waals surface area contributed by atoms with Gasteiger partial charge in [-0.3, -0.25) is 9.59 Å². The highest BCUT2D eigenvalue weighted by atomic mass is 16.1. The lowest BCUT2D eigenvalue weighted by Gasteiger charge is -2.51. The smallest absolute Gasteiger partial charge is 0.178 e. The Kier molecular flexibility index (Phi) is 3.07. The largest absolute Gasteiger partial charge is 0.299 e. The van der Waals surface area contributed by atoms with E-state index in [0.717, 1.165) is 32.1 Å². The topological polar surface area (TPSA) is 34.1 Å². The van der Waals surface area contributed by atoms with Gasteiger partial charge >= 0.3 is 0 Å². The van der Waals surface area contributed by atoms with Gasteiger partial charge in [-0.05, 0) is 49.7 Å². The van der Waals surface area contributed by atoms with Crippen molar-refractivity contribution in [2.75, 3.05) is 0 Å². The van der Waals surface area contributed by atoms with E-state index in [1.165, 1.54) is 11.1 Å². The molecule has 2 fully saturated rings. The third-order valence-electron chi connectivity index (χ3n) is 6.81. The Bertz CT molecular complexity index is 729. The molecule has 0 aromatic heterocycles. The summed E-state index contributed by atoms with van der Waals surface area (Å²) in [7, 11) is 0. The van der Waals surface area contributed by atoms with E-state index in [1.54, 1.807) is 12.2 Å². The Morgan fingerprint density at radius 2 is 2.13 bits per heavy atom. The summed E-state index contributed by atoms with van der Waals surface area (Å²) in [5.41, 5.74) is 2.12. The lowest BCUT2D eigenvalue weighted by Crippen LogP contribution is -2.44. The highest BCUT2D eigenvalue weighted by Gasteiger charge is 2.56. The predicted octanol–water partition coefficient (Wildman–Crippen LogP) is 3.79. The molecule has 118 valence electrons. The maximum Gasteiger partial charge on any atom is 0.178 e. The van der Waals surface area contributed by atoms with Crippen LogP contribution in [0.5, 0.6) is 0 Å². The Hall–Kier alpha value is -1.88. The van der Waals surface area contributed by atoms with E-state index in [0.29, 0.717) is 24.0 Å². The van der Waals surface area contributed by atoms with Crippen molar-refractivity contribution >= 4 is 11.6 Å². The molecule has 23 heavy (non-hydrogen) atoms. The molecule has 0 radical (unpaired) electrons. The second kappa shape index (κ2) is 4.81. The second-order valence-electron chi connectivity index (χ2n) is 7.75. The maximum atomic E-state index is 12.4. The summed E-state index contributed by atoms with van der Waals surface area (Å²) in [6.07, 6.45) is 18.6. The van der Waals surface area contributed by atoms with Crippen LogP contribution in [0.4, 0.5) is 0 Å². The van der Waals surface area contributed by atoms with Gasteiger partial charge in [0.25, 0.3) is 0 Å². The molecule has 0 bridgehead atoms. The van der Waals surface area contributed by atoms with E-state index in [2.05, 4.69) is 18.9 Å². The number of Topliss-reactive ketones (excluding diaryl/α,β-unsaturated/α-hetero) is 1. The van der Waals surface area contributed by atoms with E-state index in [1.807, 2.05) is 6.08 Å². The van der Waals surface area contributed by atoms with Crippen molar-refractivity contribution in [1.82, 2.24) is 0 Å². The van der Waals surface area contributed by atoms with Crippen LogP contribution in [0, 0.1) is 35.0 Å². The molecule has 2 saturated carbocycles. The molecule has 2 heteroatoms. The number of carbonyl (C=O) groups excluding carboxylic acids is 2. The van der Waals surface area contributed by atoms with Gasteiger partial charge in [0.05, 0.1) is 0 Å². The third-order valence-corrected chi connectivity index (χ3v) is 6.81. The number of ketones is 2. The molecule has 2 nitrogen and oxygen atoms in total. The third kappa shape index (κ3) is 1.83. The molecule has 0 N–H and O–H groups in total. The van der Waals surface area contributed by atoms with Gasteiger partial charge in [-0.15, -0.1) is 12.3 Å². The molecule has 4 rings (SSSR count). The van der Waals surface area contributed by atoms with Gasteiger partial charge in [0.15, 0.2) is 5.78 Å². The normalized spacial score (nSPS) is 41.4. The number of hydrogen-bond donors (Lipinski definition) is 0. The van der Waals surface area contributed by atoms with E-state index >= 15 is 0 Å². The molecule has 0 saturated heterocycles. The van der Waals surface area contributed by atoms with Crippen LogP contribution in [-0.2, 0) is 9.59 Å². The minimum absolute atomic E-state index is 0.0726. The summed E-state index contributed by atoms with van der Waals surface area (Å²) in [6, 6.07) is 0. The zero-order valence-corrected chi connectivity index (χ0v) is 13.6. The summed E-state index contributed by atoms with van der Waals surface area (Å²) in [6.45, 7) is 2.15.